The van der Waals surface area contributed by atoms with Crippen LogP contribution in [0.3, 0.4) is 0 Å². The summed E-state index contributed by atoms with van der Waals surface area (Å²) in [5.41, 5.74) is 1.21. The van der Waals surface area contributed by atoms with Crippen molar-refractivity contribution in [3.05, 3.63) is 35.9 Å². The Hall–Kier alpha value is -1.88. The Morgan fingerprint density at radius 2 is 1.38 bits per heavy atom. The minimum atomic E-state index is -0.852. The number of rotatable bonds is 20. The lowest BCUT2D eigenvalue weighted by Crippen LogP contribution is -2.18. The normalized spacial score (nSPS) is 12.9. The van der Waals surface area contributed by atoms with Crippen molar-refractivity contribution in [2.75, 3.05) is 0 Å². The van der Waals surface area contributed by atoms with Crippen LogP contribution in [0.2, 0.25) is 0 Å². The van der Waals surface area contributed by atoms with Crippen molar-refractivity contribution >= 4 is 11.9 Å². The van der Waals surface area contributed by atoms with Crippen molar-refractivity contribution in [3.8, 4) is 0 Å². The zero-order valence-electron chi connectivity index (χ0n) is 20.2. The average molecular weight is 449 g/mol. The van der Waals surface area contributed by atoms with E-state index < -0.39 is 5.97 Å². The van der Waals surface area contributed by atoms with Gasteiger partial charge in [-0.25, -0.2) is 0 Å². The Labute approximate surface area is 194 Å². The van der Waals surface area contributed by atoms with Crippen LogP contribution < -0.4 is 0 Å². The Kier molecular flexibility index (Phi) is 16.4. The first-order chi connectivity index (χ1) is 15.5. The van der Waals surface area contributed by atoms with Gasteiger partial charge in [-0.2, -0.15) is 0 Å². The molecule has 0 saturated carbocycles. The van der Waals surface area contributed by atoms with E-state index in [1.165, 1.54) is 51.0 Å². The monoisotopic (exact) mass is 448 g/mol. The number of esters is 1. The van der Waals surface area contributed by atoms with Crippen molar-refractivity contribution < 1.29 is 24.2 Å². The molecule has 1 N–H and O–H groups in total. The molecule has 1 aromatic rings. The zero-order valence-corrected chi connectivity index (χ0v) is 20.2. The number of carbonyl (C=O) groups is 2. The predicted octanol–water partition coefficient (Wildman–Crippen LogP) is 7.07. The van der Waals surface area contributed by atoms with Crippen molar-refractivity contribution in [3.63, 3.8) is 0 Å². The third-order valence-electron chi connectivity index (χ3n) is 5.77. The van der Waals surface area contributed by atoms with Crippen LogP contribution in [0.25, 0.3) is 0 Å². The SMILES string of the molecule is CCCCCCCCC(CCCCCC(CCC(=O)O)OC(C)=O)OCc1ccccc1. The molecule has 0 aliphatic carbocycles. The van der Waals surface area contributed by atoms with Gasteiger partial charge in [-0.1, -0.05) is 88.6 Å². The smallest absolute Gasteiger partial charge is 0.303 e. The van der Waals surface area contributed by atoms with Crippen LogP contribution in [0, 0.1) is 0 Å². The molecule has 0 saturated heterocycles. The molecule has 0 bridgehead atoms. The van der Waals surface area contributed by atoms with Gasteiger partial charge in [0.1, 0.15) is 6.10 Å². The fraction of sp³-hybridized carbons (Fsp3) is 0.704. The highest BCUT2D eigenvalue weighted by atomic mass is 16.5. The van der Waals surface area contributed by atoms with Crippen molar-refractivity contribution in [2.45, 2.75) is 123 Å². The molecule has 5 nitrogen and oxygen atoms in total. The van der Waals surface area contributed by atoms with Gasteiger partial charge in [0, 0.05) is 13.3 Å². The van der Waals surface area contributed by atoms with Gasteiger partial charge in [0.25, 0.3) is 0 Å². The maximum atomic E-state index is 11.3. The Morgan fingerprint density at radius 1 is 0.812 bits per heavy atom. The molecular formula is C27H44O5. The summed E-state index contributed by atoms with van der Waals surface area (Å²) in [4.78, 5) is 22.1. The van der Waals surface area contributed by atoms with Crippen LogP contribution in [-0.2, 0) is 25.7 Å². The minimum absolute atomic E-state index is 0.0333. The molecule has 0 radical (unpaired) electrons. The van der Waals surface area contributed by atoms with Crippen molar-refractivity contribution in [2.24, 2.45) is 0 Å². The Morgan fingerprint density at radius 3 is 1.97 bits per heavy atom. The zero-order chi connectivity index (χ0) is 23.4. The largest absolute Gasteiger partial charge is 0.481 e. The summed E-state index contributed by atoms with van der Waals surface area (Å²) in [6, 6.07) is 10.3. The predicted molar refractivity (Wildman–Crippen MR) is 129 cm³/mol. The van der Waals surface area contributed by atoms with E-state index in [2.05, 4.69) is 19.1 Å². The number of aliphatic carboxylic acids is 1. The van der Waals surface area contributed by atoms with Crippen LogP contribution in [0.1, 0.15) is 109 Å². The lowest BCUT2D eigenvalue weighted by Gasteiger charge is -2.19. The molecular weight excluding hydrogens is 404 g/mol. The number of hydrogen-bond donors (Lipinski definition) is 1. The number of unbranched alkanes of at least 4 members (excludes halogenated alkanes) is 7. The van der Waals surface area contributed by atoms with E-state index in [9.17, 15) is 9.59 Å². The first-order valence-corrected chi connectivity index (χ1v) is 12.6. The molecule has 1 aromatic carbocycles. The van der Waals surface area contributed by atoms with E-state index >= 15 is 0 Å². The van der Waals surface area contributed by atoms with Crippen LogP contribution in [0.4, 0.5) is 0 Å². The molecule has 182 valence electrons. The summed E-state index contributed by atoms with van der Waals surface area (Å²) in [6.07, 6.45) is 14.0. The number of carboxylic acids is 1. The third-order valence-corrected chi connectivity index (χ3v) is 5.77. The number of hydrogen-bond acceptors (Lipinski definition) is 4. The van der Waals surface area contributed by atoms with Gasteiger partial charge in [0.15, 0.2) is 0 Å². The molecule has 0 amide bonds. The number of carbonyl (C=O) groups excluding carboxylic acids is 1. The summed E-state index contributed by atoms with van der Waals surface area (Å²) in [6.45, 7) is 4.28. The highest BCUT2D eigenvalue weighted by Gasteiger charge is 2.14. The fourth-order valence-electron chi connectivity index (χ4n) is 3.95. The maximum Gasteiger partial charge on any atom is 0.303 e. The molecule has 0 aromatic heterocycles. The van der Waals surface area contributed by atoms with Gasteiger partial charge < -0.3 is 14.6 Å². The second-order valence-corrected chi connectivity index (χ2v) is 8.78. The van der Waals surface area contributed by atoms with Gasteiger partial charge >= 0.3 is 11.9 Å². The average Bonchev–Trinajstić information content (AvgIpc) is 2.77. The van der Waals surface area contributed by atoms with Gasteiger partial charge in [-0.15, -0.1) is 0 Å². The van der Waals surface area contributed by atoms with E-state index in [1.54, 1.807) is 0 Å². The first kappa shape index (κ1) is 28.2. The van der Waals surface area contributed by atoms with Gasteiger partial charge in [-0.05, 0) is 37.7 Å². The van der Waals surface area contributed by atoms with Crippen LogP contribution >= 0.6 is 0 Å². The van der Waals surface area contributed by atoms with E-state index in [0.29, 0.717) is 13.0 Å². The van der Waals surface area contributed by atoms with E-state index in [-0.39, 0.29) is 24.6 Å². The standard InChI is InChI=1S/C27H44O5/c1-3-4-5-6-7-12-17-25(31-22-24-15-10-8-11-16-24)18-13-9-14-19-26(32-23(2)28)20-21-27(29)30/h8,10-11,15-16,25-26H,3-7,9,12-14,17-22H2,1-2H3,(H,29,30). The quantitative estimate of drug-likeness (QED) is 0.171. The van der Waals surface area contributed by atoms with Gasteiger partial charge in [0.2, 0.25) is 0 Å². The molecule has 2 atom stereocenters. The highest BCUT2D eigenvalue weighted by Crippen LogP contribution is 2.19. The Bertz CT molecular complexity index is 601. The molecule has 0 aliphatic heterocycles. The lowest BCUT2D eigenvalue weighted by atomic mass is 10.0. The molecule has 0 fully saturated rings. The van der Waals surface area contributed by atoms with Gasteiger partial charge in [0.05, 0.1) is 12.7 Å². The molecule has 0 aliphatic rings. The third kappa shape index (κ3) is 15.9. The topological polar surface area (TPSA) is 72.8 Å². The molecule has 2 unspecified atom stereocenters. The highest BCUT2D eigenvalue weighted by molar-refractivity contribution is 5.67. The molecule has 5 heteroatoms. The van der Waals surface area contributed by atoms with E-state index in [1.807, 2.05) is 18.2 Å². The number of ether oxygens (including phenoxy) is 2. The minimum Gasteiger partial charge on any atom is -0.481 e. The van der Waals surface area contributed by atoms with Crippen LogP contribution in [0.15, 0.2) is 30.3 Å². The number of benzene rings is 1. The second-order valence-electron chi connectivity index (χ2n) is 8.78. The van der Waals surface area contributed by atoms with Crippen LogP contribution in [0.5, 0.6) is 0 Å². The summed E-state index contributed by atoms with van der Waals surface area (Å²) in [5.74, 6) is -1.19. The van der Waals surface area contributed by atoms with Crippen LogP contribution in [-0.4, -0.2) is 29.3 Å². The lowest BCUT2D eigenvalue weighted by molar-refractivity contribution is -0.149. The molecule has 0 spiro atoms. The summed E-state index contributed by atoms with van der Waals surface area (Å²) in [5, 5.41) is 8.88. The van der Waals surface area contributed by atoms with Gasteiger partial charge in [-0.3, -0.25) is 9.59 Å². The second kappa shape index (κ2) is 18.7. The van der Waals surface area contributed by atoms with E-state index in [4.69, 9.17) is 14.6 Å². The number of carboxylic acid groups (broad SMARTS) is 1. The summed E-state index contributed by atoms with van der Waals surface area (Å²) >= 11 is 0. The fourth-order valence-corrected chi connectivity index (χ4v) is 3.95. The van der Waals surface area contributed by atoms with Crippen molar-refractivity contribution in [1.82, 2.24) is 0 Å². The molecule has 1 rings (SSSR count). The first-order valence-electron chi connectivity index (χ1n) is 12.6. The summed E-state index contributed by atoms with van der Waals surface area (Å²) < 4.78 is 11.5. The maximum absolute atomic E-state index is 11.3. The molecule has 32 heavy (non-hydrogen) atoms. The van der Waals surface area contributed by atoms with Crippen molar-refractivity contribution in [1.29, 1.82) is 0 Å². The molecule has 0 heterocycles. The summed E-state index contributed by atoms with van der Waals surface area (Å²) in [7, 11) is 0. The van der Waals surface area contributed by atoms with E-state index in [0.717, 1.165) is 38.5 Å². The Balaban J connectivity index is 2.35.